The average Bonchev–Trinajstić information content (AvgIpc) is 2.84. The lowest BCUT2D eigenvalue weighted by atomic mass is 9.59. The molecule has 36 heavy (non-hydrogen) atoms. The lowest BCUT2D eigenvalue weighted by molar-refractivity contribution is -0.146. The molecule has 0 saturated heterocycles. The predicted octanol–water partition coefficient (Wildman–Crippen LogP) is 6.46. The highest BCUT2D eigenvalue weighted by molar-refractivity contribution is 7.86. The minimum atomic E-state index is -4.01. The Morgan fingerprint density at radius 1 is 0.861 bits per heavy atom. The first-order valence-corrected chi connectivity index (χ1v) is 13.7. The number of hydrogen-bond donors (Lipinski definition) is 0. The molecular formula is C30H34O5S. The van der Waals surface area contributed by atoms with E-state index in [1.807, 2.05) is 55.5 Å². The molecule has 190 valence electrons. The second-order valence-electron chi connectivity index (χ2n) is 10.8. The van der Waals surface area contributed by atoms with E-state index in [0.717, 1.165) is 11.1 Å². The lowest BCUT2D eigenvalue weighted by Gasteiger charge is -2.46. The predicted molar refractivity (Wildman–Crippen MR) is 140 cm³/mol. The Labute approximate surface area is 214 Å². The molecule has 1 aliphatic rings. The van der Waals surface area contributed by atoms with Gasteiger partial charge in [0.15, 0.2) is 0 Å². The summed E-state index contributed by atoms with van der Waals surface area (Å²) in [6.45, 7) is 8.26. The van der Waals surface area contributed by atoms with Gasteiger partial charge in [0.05, 0.1) is 16.4 Å². The fourth-order valence-corrected chi connectivity index (χ4v) is 6.11. The maximum atomic E-state index is 14.0. The van der Waals surface area contributed by atoms with E-state index in [1.165, 1.54) is 0 Å². The van der Waals surface area contributed by atoms with E-state index >= 15 is 0 Å². The average molecular weight is 507 g/mol. The largest absolute Gasteiger partial charge is 0.426 e. The smallest absolute Gasteiger partial charge is 0.322 e. The summed E-state index contributed by atoms with van der Waals surface area (Å²) in [5, 5.41) is 0. The summed E-state index contributed by atoms with van der Waals surface area (Å²) in [5.41, 5.74) is 0.538. The molecule has 1 fully saturated rings. The van der Waals surface area contributed by atoms with E-state index in [9.17, 15) is 13.2 Å². The normalized spacial score (nSPS) is 22.7. The Hall–Kier alpha value is -2.96. The Kier molecular flexibility index (Phi) is 7.39. The van der Waals surface area contributed by atoms with Crippen molar-refractivity contribution < 1.29 is 22.1 Å². The second-order valence-corrected chi connectivity index (χ2v) is 12.4. The van der Waals surface area contributed by atoms with Crippen LogP contribution in [0.25, 0.3) is 0 Å². The van der Waals surface area contributed by atoms with Gasteiger partial charge in [-0.3, -0.25) is 8.98 Å². The molecule has 1 aliphatic carbocycles. The van der Waals surface area contributed by atoms with E-state index in [2.05, 4.69) is 20.8 Å². The van der Waals surface area contributed by atoms with Gasteiger partial charge in [0.2, 0.25) is 0 Å². The quantitative estimate of drug-likeness (QED) is 0.218. The van der Waals surface area contributed by atoms with Crippen LogP contribution in [0, 0.1) is 18.3 Å². The van der Waals surface area contributed by atoms with Crippen LogP contribution >= 0.6 is 0 Å². The van der Waals surface area contributed by atoms with Gasteiger partial charge in [-0.1, -0.05) is 87.0 Å². The van der Waals surface area contributed by atoms with Crippen LogP contribution in [0.1, 0.15) is 51.2 Å². The zero-order chi connectivity index (χ0) is 26.0. The minimum Gasteiger partial charge on any atom is -0.426 e. The number of carbonyl (C=O) groups is 1. The molecule has 0 spiro atoms. The van der Waals surface area contributed by atoms with Gasteiger partial charge in [0.1, 0.15) is 5.75 Å². The molecule has 4 rings (SSSR count). The molecule has 0 bridgehead atoms. The van der Waals surface area contributed by atoms with Gasteiger partial charge in [-0.15, -0.1) is 0 Å². The van der Waals surface area contributed by atoms with Crippen LogP contribution in [-0.2, 0) is 24.5 Å². The van der Waals surface area contributed by atoms with Gasteiger partial charge in [0.25, 0.3) is 10.1 Å². The molecule has 1 saturated carbocycles. The molecule has 3 unspecified atom stereocenters. The zero-order valence-corrected chi connectivity index (χ0v) is 22.1. The van der Waals surface area contributed by atoms with Crippen molar-refractivity contribution in [2.75, 3.05) is 0 Å². The minimum absolute atomic E-state index is 0.0213. The van der Waals surface area contributed by atoms with Crippen molar-refractivity contribution in [1.29, 1.82) is 0 Å². The molecule has 0 amide bonds. The molecule has 3 aromatic carbocycles. The maximum absolute atomic E-state index is 14.0. The van der Waals surface area contributed by atoms with Gasteiger partial charge in [-0.25, -0.2) is 0 Å². The standard InChI is InChI=1S/C30H34O5S/c1-22-15-17-27(18-16-22)36(32,33)35-26-19-24(29(2,3)4)20-30(21-26,23-11-7-5-8-12-23)28(31)34-25-13-9-6-10-14-25/h5-18,24,26H,19-21H2,1-4H3. The molecule has 6 heteroatoms. The summed E-state index contributed by atoms with van der Waals surface area (Å²) in [7, 11) is -4.01. The molecule has 5 nitrogen and oxygen atoms in total. The molecule has 3 atom stereocenters. The molecule has 0 N–H and O–H groups in total. The van der Waals surface area contributed by atoms with Crippen LogP contribution in [0.15, 0.2) is 89.8 Å². The van der Waals surface area contributed by atoms with Crippen LogP contribution in [0.3, 0.4) is 0 Å². The Morgan fingerprint density at radius 3 is 2.03 bits per heavy atom. The van der Waals surface area contributed by atoms with E-state index in [4.69, 9.17) is 8.92 Å². The number of ether oxygens (including phenoxy) is 1. The van der Waals surface area contributed by atoms with Crippen LogP contribution in [0.5, 0.6) is 5.75 Å². The molecule has 3 aromatic rings. The highest BCUT2D eigenvalue weighted by Gasteiger charge is 2.52. The van der Waals surface area contributed by atoms with Crippen molar-refractivity contribution in [1.82, 2.24) is 0 Å². The highest BCUT2D eigenvalue weighted by Crippen LogP contribution is 2.50. The molecule has 0 aromatic heterocycles. The number of para-hydroxylation sites is 1. The summed E-state index contributed by atoms with van der Waals surface area (Å²) in [6.07, 6.45) is 0.594. The zero-order valence-electron chi connectivity index (χ0n) is 21.3. The van der Waals surface area contributed by atoms with Crippen molar-refractivity contribution in [3.8, 4) is 5.75 Å². The van der Waals surface area contributed by atoms with E-state index in [-0.39, 0.29) is 22.6 Å². The van der Waals surface area contributed by atoms with E-state index < -0.39 is 27.6 Å². The first-order chi connectivity index (χ1) is 17.0. The number of aryl methyl sites for hydroxylation is 1. The SMILES string of the molecule is Cc1ccc(S(=O)(=O)OC2CC(C(C)(C)C)CC(C(=O)Oc3ccccc3)(c3ccccc3)C2)cc1. The summed E-state index contributed by atoms with van der Waals surface area (Å²) in [6, 6.07) is 25.1. The summed E-state index contributed by atoms with van der Waals surface area (Å²) >= 11 is 0. The fraction of sp³-hybridized carbons (Fsp3) is 0.367. The Balaban J connectivity index is 1.75. The van der Waals surface area contributed by atoms with Gasteiger partial charge < -0.3 is 4.74 Å². The fourth-order valence-electron chi connectivity index (χ4n) is 5.02. The van der Waals surface area contributed by atoms with Crippen LogP contribution in [0.4, 0.5) is 0 Å². The van der Waals surface area contributed by atoms with Crippen molar-refractivity contribution in [2.45, 2.75) is 63.4 Å². The van der Waals surface area contributed by atoms with Crippen LogP contribution in [0.2, 0.25) is 0 Å². The van der Waals surface area contributed by atoms with Gasteiger partial charge in [-0.05, 0) is 67.3 Å². The van der Waals surface area contributed by atoms with Gasteiger partial charge in [0, 0.05) is 0 Å². The number of carbonyl (C=O) groups excluding carboxylic acids is 1. The van der Waals surface area contributed by atoms with Crippen molar-refractivity contribution in [3.05, 3.63) is 96.1 Å². The number of hydrogen-bond acceptors (Lipinski definition) is 5. The molecule has 0 aliphatic heterocycles. The third-order valence-electron chi connectivity index (χ3n) is 7.19. The lowest BCUT2D eigenvalue weighted by Crippen LogP contribution is -2.50. The summed E-state index contributed by atoms with van der Waals surface area (Å²) < 4.78 is 38.3. The van der Waals surface area contributed by atoms with Gasteiger partial charge in [-0.2, -0.15) is 8.42 Å². The van der Waals surface area contributed by atoms with Gasteiger partial charge >= 0.3 is 5.97 Å². The first kappa shape index (κ1) is 26.1. The third kappa shape index (κ3) is 5.71. The maximum Gasteiger partial charge on any atom is 0.322 e. The molecule has 0 heterocycles. The Bertz CT molecular complexity index is 1280. The monoisotopic (exact) mass is 506 g/mol. The third-order valence-corrected chi connectivity index (χ3v) is 8.56. The first-order valence-electron chi connectivity index (χ1n) is 12.3. The van der Waals surface area contributed by atoms with E-state index in [0.29, 0.717) is 18.6 Å². The van der Waals surface area contributed by atoms with Crippen LogP contribution in [-0.4, -0.2) is 20.5 Å². The number of rotatable bonds is 6. The number of benzene rings is 3. The van der Waals surface area contributed by atoms with E-state index in [1.54, 1.807) is 36.4 Å². The Morgan fingerprint density at radius 2 is 1.44 bits per heavy atom. The molecular weight excluding hydrogens is 472 g/mol. The van der Waals surface area contributed by atoms with Crippen LogP contribution < -0.4 is 4.74 Å². The summed E-state index contributed by atoms with van der Waals surface area (Å²) in [5.74, 6) is 0.0867. The van der Waals surface area contributed by atoms with Crippen molar-refractivity contribution in [2.24, 2.45) is 11.3 Å². The topological polar surface area (TPSA) is 69.7 Å². The summed E-state index contributed by atoms with van der Waals surface area (Å²) in [4.78, 5) is 14.1. The molecule has 0 radical (unpaired) electrons. The number of esters is 1. The highest BCUT2D eigenvalue weighted by atomic mass is 32.2. The second kappa shape index (κ2) is 10.2. The van der Waals surface area contributed by atoms with Crippen molar-refractivity contribution >= 4 is 16.1 Å². The van der Waals surface area contributed by atoms with Crippen molar-refractivity contribution in [3.63, 3.8) is 0 Å².